The number of hydrogen-bond acceptors (Lipinski definition) is 4. The molecule has 1 heterocycles. The summed E-state index contributed by atoms with van der Waals surface area (Å²) in [6.07, 6.45) is 1.35. The summed E-state index contributed by atoms with van der Waals surface area (Å²) in [6, 6.07) is 15.4. The first-order valence-electron chi connectivity index (χ1n) is 6.61. The van der Waals surface area contributed by atoms with Gasteiger partial charge < -0.3 is 10.1 Å². The topological polar surface area (TPSA) is 90.8 Å². The number of fused-ring (bicyclic) bond motifs is 1. The van der Waals surface area contributed by atoms with Crippen LogP contribution in [-0.4, -0.2) is 22.7 Å². The van der Waals surface area contributed by atoms with Gasteiger partial charge in [0.05, 0.1) is 6.20 Å². The maximum absolute atomic E-state index is 11.8. The average molecular weight is 292 g/mol. The number of aromatic nitrogens is 2. The van der Waals surface area contributed by atoms with Crippen LogP contribution in [-0.2, 0) is 4.79 Å². The van der Waals surface area contributed by atoms with Crippen molar-refractivity contribution in [2.45, 2.75) is 0 Å². The zero-order valence-corrected chi connectivity index (χ0v) is 11.5. The lowest BCUT2D eigenvalue weighted by Gasteiger charge is -2.07. The van der Waals surface area contributed by atoms with Crippen molar-refractivity contribution in [3.8, 4) is 11.8 Å². The van der Waals surface area contributed by atoms with Gasteiger partial charge in [-0.2, -0.15) is 10.4 Å². The second kappa shape index (κ2) is 5.97. The van der Waals surface area contributed by atoms with Gasteiger partial charge in [0.15, 0.2) is 6.61 Å². The summed E-state index contributed by atoms with van der Waals surface area (Å²) in [5, 5.41) is 19.8. The van der Waals surface area contributed by atoms with Gasteiger partial charge in [-0.05, 0) is 22.9 Å². The molecule has 0 spiro atoms. The summed E-state index contributed by atoms with van der Waals surface area (Å²) >= 11 is 0. The number of ether oxygens (including phenoxy) is 1. The number of carbonyl (C=O) groups is 1. The Labute approximate surface area is 126 Å². The predicted octanol–water partition coefficient (Wildman–Crippen LogP) is 2.45. The molecule has 0 saturated heterocycles. The molecule has 6 heteroatoms. The SMILES string of the molecule is N#Cc1cn[nH]c1NC(=O)COc1ccc2ccccc2c1. The molecule has 108 valence electrons. The largest absolute Gasteiger partial charge is 0.484 e. The molecule has 2 aromatic carbocycles. The van der Waals surface area contributed by atoms with Gasteiger partial charge in [0.1, 0.15) is 23.2 Å². The Hall–Kier alpha value is -3.33. The number of rotatable bonds is 4. The first-order chi connectivity index (χ1) is 10.8. The Morgan fingerprint density at radius 1 is 1.27 bits per heavy atom. The number of benzene rings is 2. The number of nitrogens with zero attached hydrogens (tertiary/aromatic N) is 2. The number of aromatic amines is 1. The molecular formula is C16H12N4O2. The van der Waals surface area contributed by atoms with E-state index >= 15 is 0 Å². The van der Waals surface area contributed by atoms with Gasteiger partial charge in [-0.3, -0.25) is 9.89 Å². The van der Waals surface area contributed by atoms with Crippen LogP contribution < -0.4 is 10.1 Å². The van der Waals surface area contributed by atoms with Gasteiger partial charge in [0.2, 0.25) is 0 Å². The van der Waals surface area contributed by atoms with E-state index in [0.717, 1.165) is 10.8 Å². The van der Waals surface area contributed by atoms with Crippen molar-refractivity contribution in [3.63, 3.8) is 0 Å². The number of hydrogen-bond donors (Lipinski definition) is 2. The van der Waals surface area contributed by atoms with E-state index in [-0.39, 0.29) is 23.9 Å². The van der Waals surface area contributed by atoms with Crippen LogP contribution in [0.4, 0.5) is 5.82 Å². The van der Waals surface area contributed by atoms with E-state index in [0.29, 0.717) is 5.75 Å². The molecule has 0 bridgehead atoms. The second-order valence-corrected chi connectivity index (χ2v) is 4.62. The van der Waals surface area contributed by atoms with Gasteiger partial charge in [0.25, 0.3) is 5.91 Å². The molecule has 3 aromatic rings. The van der Waals surface area contributed by atoms with Crippen molar-refractivity contribution in [1.82, 2.24) is 10.2 Å². The van der Waals surface area contributed by atoms with Crippen LogP contribution >= 0.6 is 0 Å². The maximum Gasteiger partial charge on any atom is 0.263 e. The van der Waals surface area contributed by atoms with Crippen LogP contribution in [0.25, 0.3) is 10.8 Å². The zero-order valence-electron chi connectivity index (χ0n) is 11.5. The molecule has 0 unspecified atom stereocenters. The van der Waals surface area contributed by atoms with Crippen molar-refractivity contribution in [3.05, 3.63) is 54.2 Å². The zero-order chi connectivity index (χ0) is 15.4. The molecule has 6 nitrogen and oxygen atoms in total. The Morgan fingerprint density at radius 2 is 2.09 bits per heavy atom. The Morgan fingerprint density at radius 3 is 2.91 bits per heavy atom. The molecule has 0 aliphatic carbocycles. The summed E-state index contributed by atoms with van der Waals surface area (Å²) in [7, 11) is 0. The second-order valence-electron chi connectivity index (χ2n) is 4.62. The summed E-state index contributed by atoms with van der Waals surface area (Å²) in [6.45, 7) is -0.151. The number of nitrogens with one attached hydrogen (secondary N) is 2. The normalized spacial score (nSPS) is 10.1. The van der Waals surface area contributed by atoms with Crippen LogP contribution in [0.1, 0.15) is 5.56 Å². The van der Waals surface area contributed by atoms with E-state index in [9.17, 15) is 4.79 Å². The first-order valence-corrected chi connectivity index (χ1v) is 6.61. The molecule has 3 rings (SSSR count). The van der Waals surface area contributed by atoms with Crippen LogP contribution in [0.15, 0.2) is 48.7 Å². The molecule has 0 aliphatic heterocycles. The van der Waals surface area contributed by atoms with E-state index in [1.807, 2.05) is 48.5 Å². The van der Waals surface area contributed by atoms with Crippen molar-refractivity contribution < 1.29 is 9.53 Å². The van der Waals surface area contributed by atoms with E-state index in [1.54, 1.807) is 0 Å². The monoisotopic (exact) mass is 292 g/mol. The van der Waals surface area contributed by atoms with E-state index < -0.39 is 0 Å². The minimum Gasteiger partial charge on any atom is -0.484 e. The third-order valence-electron chi connectivity index (χ3n) is 3.12. The maximum atomic E-state index is 11.8. The number of anilines is 1. The summed E-state index contributed by atoms with van der Waals surface area (Å²) < 4.78 is 5.47. The predicted molar refractivity (Wildman–Crippen MR) is 81.4 cm³/mol. The molecule has 1 amide bonds. The number of amides is 1. The summed E-state index contributed by atoms with van der Waals surface area (Å²) in [4.78, 5) is 11.8. The summed E-state index contributed by atoms with van der Waals surface area (Å²) in [5.41, 5.74) is 0.277. The average Bonchev–Trinajstić information content (AvgIpc) is 3.00. The van der Waals surface area contributed by atoms with Crippen LogP contribution in [0.3, 0.4) is 0 Å². The van der Waals surface area contributed by atoms with Crippen LogP contribution in [0.2, 0.25) is 0 Å². The van der Waals surface area contributed by atoms with Gasteiger partial charge in [-0.25, -0.2) is 0 Å². The molecule has 0 radical (unpaired) electrons. The van der Waals surface area contributed by atoms with Crippen molar-refractivity contribution in [2.24, 2.45) is 0 Å². The molecule has 0 aliphatic rings. The smallest absolute Gasteiger partial charge is 0.263 e. The Balaban J connectivity index is 1.64. The fraction of sp³-hybridized carbons (Fsp3) is 0.0625. The minimum atomic E-state index is -0.367. The third kappa shape index (κ3) is 2.88. The highest BCUT2D eigenvalue weighted by Gasteiger charge is 2.09. The van der Waals surface area contributed by atoms with Gasteiger partial charge >= 0.3 is 0 Å². The number of H-pyrrole nitrogens is 1. The van der Waals surface area contributed by atoms with Crippen molar-refractivity contribution >= 4 is 22.5 Å². The molecular weight excluding hydrogens is 280 g/mol. The van der Waals surface area contributed by atoms with Crippen LogP contribution in [0, 0.1) is 11.3 Å². The lowest BCUT2D eigenvalue weighted by molar-refractivity contribution is -0.118. The van der Waals surface area contributed by atoms with E-state index in [1.165, 1.54) is 6.20 Å². The number of carbonyl (C=O) groups excluding carboxylic acids is 1. The molecule has 2 N–H and O–H groups in total. The Kier molecular flexibility index (Phi) is 3.70. The fourth-order valence-electron chi connectivity index (χ4n) is 2.05. The molecule has 0 fully saturated rings. The highest BCUT2D eigenvalue weighted by atomic mass is 16.5. The molecule has 1 aromatic heterocycles. The number of nitriles is 1. The lowest BCUT2D eigenvalue weighted by atomic mass is 10.1. The van der Waals surface area contributed by atoms with Crippen LogP contribution in [0.5, 0.6) is 5.75 Å². The van der Waals surface area contributed by atoms with Gasteiger partial charge in [-0.1, -0.05) is 30.3 Å². The minimum absolute atomic E-state index is 0.151. The van der Waals surface area contributed by atoms with Crippen molar-refractivity contribution in [1.29, 1.82) is 5.26 Å². The fourth-order valence-corrected chi connectivity index (χ4v) is 2.05. The van der Waals surface area contributed by atoms with Crippen molar-refractivity contribution in [2.75, 3.05) is 11.9 Å². The summed E-state index contributed by atoms with van der Waals surface area (Å²) in [5.74, 6) is 0.516. The highest BCUT2D eigenvalue weighted by Crippen LogP contribution is 2.20. The third-order valence-corrected chi connectivity index (χ3v) is 3.12. The van der Waals surface area contributed by atoms with E-state index in [4.69, 9.17) is 10.00 Å². The quantitative estimate of drug-likeness (QED) is 0.772. The van der Waals surface area contributed by atoms with Gasteiger partial charge in [-0.15, -0.1) is 0 Å². The molecule has 0 atom stereocenters. The Bertz CT molecular complexity index is 864. The highest BCUT2D eigenvalue weighted by molar-refractivity contribution is 5.92. The lowest BCUT2D eigenvalue weighted by Crippen LogP contribution is -2.20. The molecule has 0 saturated carbocycles. The van der Waals surface area contributed by atoms with Gasteiger partial charge in [0, 0.05) is 0 Å². The standard InChI is InChI=1S/C16H12N4O2/c17-8-13-9-18-20-16(13)19-15(21)10-22-14-6-5-11-3-1-2-4-12(11)7-14/h1-7,9H,10H2,(H2,18,19,20,21). The first kappa shape index (κ1) is 13.6. The van der Waals surface area contributed by atoms with E-state index in [2.05, 4.69) is 15.5 Å². The molecule has 22 heavy (non-hydrogen) atoms.